The van der Waals surface area contributed by atoms with E-state index >= 15 is 0 Å². The molecule has 0 saturated heterocycles. The van der Waals surface area contributed by atoms with Crippen LogP contribution >= 0.6 is 0 Å². The molecular formula is C11H18O. The van der Waals surface area contributed by atoms with Crippen LogP contribution in [0, 0.1) is 23.7 Å². The van der Waals surface area contributed by atoms with E-state index in [0.29, 0.717) is 17.6 Å². The van der Waals surface area contributed by atoms with Gasteiger partial charge >= 0.3 is 0 Å². The molecule has 0 heterocycles. The molecule has 0 amide bonds. The summed E-state index contributed by atoms with van der Waals surface area (Å²) < 4.78 is 0. The zero-order chi connectivity index (χ0) is 8.72. The van der Waals surface area contributed by atoms with Gasteiger partial charge in [0.05, 0.1) is 0 Å². The average Bonchev–Trinajstić information content (AvgIpc) is 2.68. The molecule has 0 aromatic rings. The molecule has 2 aliphatic carbocycles. The predicted molar refractivity (Wildman–Crippen MR) is 48.8 cm³/mol. The Labute approximate surface area is 74.5 Å². The number of hydrogen-bond acceptors (Lipinski definition) is 1. The summed E-state index contributed by atoms with van der Waals surface area (Å²) in [7, 11) is 0. The molecule has 0 bridgehead atoms. The van der Waals surface area contributed by atoms with Gasteiger partial charge in [-0.1, -0.05) is 13.8 Å². The summed E-state index contributed by atoms with van der Waals surface area (Å²) in [5, 5.41) is 0. The zero-order valence-electron chi connectivity index (χ0n) is 8.05. The van der Waals surface area contributed by atoms with Crippen molar-refractivity contribution in [2.24, 2.45) is 23.7 Å². The molecule has 2 fully saturated rings. The molecule has 2 unspecified atom stereocenters. The second kappa shape index (κ2) is 2.86. The van der Waals surface area contributed by atoms with Gasteiger partial charge in [-0.2, -0.15) is 0 Å². The molecule has 2 rings (SSSR count). The van der Waals surface area contributed by atoms with Crippen LogP contribution in [-0.2, 0) is 4.79 Å². The van der Waals surface area contributed by atoms with Crippen LogP contribution in [0.5, 0.6) is 0 Å². The fourth-order valence-electron chi connectivity index (χ4n) is 3.04. The van der Waals surface area contributed by atoms with E-state index in [4.69, 9.17) is 0 Å². The van der Waals surface area contributed by atoms with Crippen molar-refractivity contribution in [3.63, 3.8) is 0 Å². The fraction of sp³-hybridized carbons (Fsp3) is 0.909. The third kappa shape index (κ3) is 1.41. The van der Waals surface area contributed by atoms with E-state index in [1.165, 1.54) is 12.8 Å². The Morgan fingerprint density at radius 2 is 1.58 bits per heavy atom. The van der Waals surface area contributed by atoms with Gasteiger partial charge < -0.3 is 0 Å². The van der Waals surface area contributed by atoms with Gasteiger partial charge in [0.1, 0.15) is 5.78 Å². The largest absolute Gasteiger partial charge is 0.300 e. The minimum Gasteiger partial charge on any atom is -0.300 e. The molecule has 0 N–H and O–H groups in total. The van der Waals surface area contributed by atoms with Crippen LogP contribution < -0.4 is 0 Å². The Balaban J connectivity index is 2.05. The zero-order valence-corrected chi connectivity index (χ0v) is 8.05. The highest BCUT2D eigenvalue weighted by Crippen LogP contribution is 2.48. The van der Waals surface area contributed by atoms with Crippen molar-refractivity contribution >= 4 is 5.78 Å². The van der Waals surface area contributed by atoms with E-state index in [2.05, 4.69) is 13.8 Å². The lowest BCUT2D eigenvalue weighted by Crippen LogP contribution is -2.31. The third-order valence-corrected chi connectivity index (χ3v) is 3.58. The number of carbonyl (C=O) groups is 1. The monoisotopic (exact) mass is 166 g/mol. The summed E-state index contributed by atoms with van der Waals surface area (Å²) in [5.74, 6) is 3.65. The predicted octanol–water partition coefficient (Wildman–Crippen LogP) is 2.65. The van der Waals surface area contributed by atoms with Crippen molar-refractivity contribution in [2.75, 3.05) is 0 Å². The molecule has 2 saturated carbocycles. The van der Waals surface area contributed by atoms with Crippen LogP contribution in [0.4, 0.5) is 0 Å². The molecule has 2 atom stereocenters. The van der Waals surface area contributed by atoms with E-state index in [-0.39, 0.29) is 0 Å². The van der Waals surface area contributed by atoms with Crippen molar-refractivity contribution < 1.29 is 4.79 Å². The Kier molecular flexibility index (Phi) is 1.97. The van der Waals surface area contributed by atoms with Crippen LogP contribution in [0.1, 0.15) is 39.5 Å². The maximum Gasteiger partial charge on any atom is 0.133 e. The fourth-order valence-corrected chi connectivity index (χ4v) is 3.04. The van der Waals surface area contributed by atoms with Crippen molar-refractivity contribution in [2.45, 2.75) is 39.5 Å². The first kappa shape index (κ1) is 8.28. The first-order valence-corrected chi connectivity index (χ1v) is 5.20. The number of hydrogen-bond donors (Lipinski definition) is 0. The van der Waals surface area contributed by atoms with Crippen LogP contribution in [0.2, 0.25) is 0 Å². The van der Waals surface area contributed by atoms with E-state index in [0.717, 1.165) is 24.7 Å². The summed E-state index contributed by atoms with van der Waals surface area (Å²) in [6.07, 6.45) is 4.55. The summed E-state index contributed by atoms with van der Waals surface area (Å²) in [6, 6.07) is 0. The molecule has 0 aromatic heterocycles. The molecule has 1 nitrogen and oxygen atoms in total. The van der Waals surface area contributed by atoms with Gasteiger partial charge in [0.2, 0.25) is 0 Å². The first-order chi connectivity index (χ1) is 5.68. The van der Waals surface area contributed by atoms with Crippen LogP contribution in [0.3, 0.4) is 0 Å². The van der Waals surface area contributed by atoms with Gasteiger partial charge in [0, 0.05) is 12.8 Å². The molecule has 68 valence electrons. The van der Waals surface area contributed by atoms with E-state index in [9.17, 15) is 4.79 Å². The summed E-state index contributed by atoms with van der Waals surface area (Å²) in [6.45, 7) is 4.52. The van der Waals surface area contributed by atoms with Crippen LogP contribution in [0.15, 0.2) is 0 Å². The van der Waals surface area contributed by atoms with E-state index < -0.39 is 0 Å². The SMILES string of the molecule is CC1CC(=O)CC(C)C1C1CC1. The highest BCUT2D eigenvalue weighted by Gasteiger charge is 2.41. The number of Topliss-reactive ketones (excluding diaryl/α,β-unsaturated/α-hetero) is 1. The van der Waals surface area contributed by atoms with E-state index in [1.54, 1.807) is 0 Å². The topological polar surface area (TPSA) is 17.1 Å². The Morgan fingerprint density at radius 3 is 2.00 bits per heavy atom. The van der Waals surface area contributed by atoms with Gasteiger partial charge in [-0.3, -0.25) is 4.79 Å². The number of ketones is 1. The number of carbonyl (C=O) groups excluding carboxylic acids is 1. The highest BCUT2D eigenvalue weighted by atomic mass is 16.1. The lowest BCUT2D eigenvalue weighted by atomic mass is 9.71. The van der Waals surface area contributed by atoms with Crippen molar-refractivity contribution in [1.29, 1.82) is 0 Å². The third-order valence-electron chi connectivity index (χ3n) is 3.58. The Hall–Kier alpha value is -0.330. The molecule has 0 spiro atoms. The standard InChI is InChI=1S/C11H18O/c1-7-5-10(12)6-8(2)11(7)9-3-4-9/h7-9,11H,3-6H2,1-2H3. The average molecular weight is 166 g/mol. The van der Waals surface area contributed by atoms with Crippen molar-refractivity contribution in [3.05, 3.63) is 0 Å². The second-order valence-corrected chi connectivity index (χ2v) is 4.82. The van der Waals surface area contributed by atoms with Crippen LogP contribution in [-0.4, -0.2) is 5.78 Å². The molecule has 0 radical (unpaired) electrons. The minimum absolute atomic E-state index is 0.493. The van der Waals surface area contributed by atoms with Gasteiger partial charge in [-0.25, -0.2) is 0 Å². The molecular weight excluding hydrogens is 148 g/mol. The lowest BCUT2D eigenvalue weighted by Gasteiger charge is -2.33. The van der Waals surface area contributed by atoms with Crippen molar-refractivity contribution in [1.82, 2.24) is 0 Å². The number of rotatable bonds is 1. The molecule has 1 heteroatoms. The molecule has 0 aliphatic heterocycles. The smallest absolute Gasteiger partial charge is 0.133 e. The van der Waals surface area contributed by atoms with Gasteiger partial charge in [0.15, 0.2) is 0 Å². The molecule has 0 aromatic carbocycles. The van der Waals surface area contributed by atoms with Crippen molar-refractivity contribution in [3.8, 4) is 0 Å². The Morgan fingerprint density at radius 1 is 1.08 bits per heavy atom. The second-order valence-electron chi connectivity index (χ2n) is 4.82. The normalized spacial score (nSPS) is 43.2. The maximum absolute atomic E-state index is 11.3. The maximum atomic E-state index is 11.3. The molecule has 12 heavy (non-hydrogen) atoms. The summed E-state index contributed by atoms with van der Waals surface area (Å²) >= 11 is 0. The van der Waals surface area contributed by atoms with Crippen LogP contribution in [0.25, 0.3) is 0 Å². The van der Waals surface area contributed by atoms with Gasteiger partial charge in [0.25, 0.3) is 0 Å². The minimum atomic E-state index is 0.493. The summed E-state index contributed by atoms with van der Waals surface area (Å²) in [5.41, 5.74) is 0. The first-order valence-electron chi connectivity index (χ1n) is 5.20. The van der Waals surface area contributed by atoms with E-state index in [1.807, 2.05) is 0 Å². The lowest BCUT2D eigenvalue weighted by molar-refractivity contribution is -0.124. The molecule has 2 aliphatic rings. The van der Waals surface area contributed by atoms with Gasteiger partial charge in [-0.15, -0.1) is 0 Å². The van der Waals surface area contributed by atoms with Gasteiger partial charge in [-0.05, 0) is 36.5 Å². The highest BCUT2D eigenvalue weighted by molar-refractivity contribution is 5.79. The quantitative estimate of drug-likeness (QED) is 0.585. The Bertz CT molecular complexity index is 179. The summed E-state index contributed by atoms with van der Waals surface area (Å²) in [4.78, 5) is 11.3.